The molecule has 4 nitrogen and oxygen atoms in total. The first kappa shape index (κ1) is 19.2. The fraction of sp³-hybridized carbons (Fsp3) is 0. The van der Waals surface area contributed by atoms with E-state index >= 15 is 0 Å². The van der Waals surface area contributed by atoms with Crippen LogP contribution in [0.25, 0.3) is 0 Å². The van der Waals surface area contributed by atoms with Gasteiger partial charge < -0.3 is 10.1 Å². The molecule has 0 saturated heterocycles. The highest BCUT2D eigenvalue weighted by Gasteiger charge is 2.00. The number of hydrazone groups is 1. The number of para-hydroxylation sites is 1. The maximum atomic E-state index is 5.96. The van der Waals surface area contributed by atoms with E-state index in [1.807, 2.05) is 54.6 Å². The van der Waals surface area contributed by atoms with Gasteiger partial charge in [-0.3, -0.25) is 5.43 Å². The zero-order valence-electron chi connectivity index (χ0n) is 14.0. The largest absolute Gasteiger partial charge is 0.457 e. The minimum atomic E-state index is 0.364. The van der Waals surface area contributed by atoms with Gasteiger partial charge in [0.25, 0.3) is 0 Å². The zero-order valence-corrected chi connectivity index (χ0v) is 16.4. The summed E-state index contributed by atoms with van der Waals surface area (Å²) in [5.41, 5.74) is 4.38. The summed E-state index contributed by atoms with van der Waals surface area (Å²) < 4.78 is 5.75. The summed E-state index contributed by atoms with van der Waals surface area (Å²) in [6.45, 7) is 0. The van der Waals surface area contributed by atoms with Crippen molar-refractivity contribution in [1.82, 2.24) is 5.43 Å². The van der Waals surface area contributed by atoms with Gasteiger partial charge in [0.2, 0.25) is 0 Å². The second-order valence-corrected chi connectivity index (χ2v) is 6.66. The number of anilines is 1. The summed E-state index contributed by atoms with van der Waals surface area (Å²) >= 11 is 17.1. The molecule has 0 aliphatic carbocycles. The van der Waals surface area contributed by atoms with Crippen LogP contribution in [0.15, 0.2) is 77.9 Å². The molecule has 3 aromatic rings. The Kier molecular flexibility index (Phi) is 6.65. The highest BCUT2D eigenvalue weighted by Crippen LogP contribution is 2.23. The molecular weight excluding hydrogens is 401 g/mol. The van der Waals surface area contributed by atoms with Crippen LogP contribution in [-0.4, -0.2) is 11.3 Å². The van der Waals surface area contributed by atoms with Crippen molar-refractivity contribution >= 4 is 52.4 Å². The van der Waals surface area contributed by atoms with E-state index in [1.165, 1.54) is 0 Å². The van der Waals surface area contributed by atoms with E-state index in [0.717, 1.165) is 22.7 Å². The van der Waals surface area contributed by atoms with E-state index in [2.05, 4.69) is 15.8 Å². The van der Waals surface area contributed by atoms with Crippen molar-refractivity contribution in [2.75, 3.05) is 5.32 Å². The van der Waals surface area contributed by atoms with Crippen molar-refractivity contribution in [2.24, 2.45) is 5.10 Å². The number of halogens is 2. The van der Waals surface area contributed by atoms with Gasteiger partial charge in [0, 0.05) is 5.69 Å². The third kappa shape index (κ3) is 5.96. The Balaban J connectivity index is 1.51. The Morgan fingerprint density at radius 1 is 0.889 bits per heavy atom. The first-order chi connectivity index (χ1) is 13.1. The number of rotatable bonds is 5. The first-order valence-corrected chi connectivity index (χ1v) is 9.15. The monoisotopic (exact) mass is 415 g/mol. The van der Waals surface area contributed by atoms with Gasteiger partial charge in [0.15, 0.2) is 5.11 Å². The van der Waals surface area contributed by atoms with Gasteiger partial charge in [0.05, 0.1) is 16.3 Å². The molecule has 0 spiro atoms. The van der Waals surface area contributed by atoms with Crippen LogP contribution in [0.4, 0.5) is 5.69 Å². The Morgan fingerprint density at radius 2 is 1.59 bits per heavy atom. The average Bonchev–Trinajstić information content (AvgIpc) is 2.67. The van der Waals surface area contributed by atoms with Crippen LogP contribution in [0.3, 0.4) is 0 Å². The van der Waals surface area contributed by atoms with Gasteiger partial charge in [0.1, 0.15) is 11.5 Å². The van der Waals surface area contributed by atoms with Crippen LogP contribution in [0.2, 0.25) is 10.0 Å². The molecule has 3 rings (SSSR count). The summed E-state index contributed by atoms with van der Waals surface area (Å²) in [6, 6.07) is 22.3. The maximum Gasteiger partial charge on any atom is 0.191 e. The smallest absolute Gasteiger partial charge is 0.191 e. The lowest BCUT2D eigenvalue weighted by Crippen LogP contribution is -2.23. The van der Waals surface area contributed by atoms with Crippen LogP contribution >= 0.6 is 35.4 Å². The highest BCUT2D eigenvalue weighted by molar-refractivity contribution is 7.80. The number of hydrogen-bond donors (Lipinski definition) is 2. The van der Waals surface area contributed by atoms with E-state index < -0.39 is 0 Å². The lowest BCUT2D eigenvalue weighted by molar-refractivity contribution is 0.483. The van der Waals surface area contributed by atoms with Gasteiger partial charge in [-0.15, -0.1) is 0 Å². The fourth-order valence-corrected chi connectivity index (χ4v) is 2.63. The van der Waals surface area contributed by atoms with E-state index in [1.54, 1.807) is 24.4 Å². The SMILES string of the molecule is S=C(NN=Cc1ccc(Cl)c(Cl)c1)Nc1ccc(Oc2ccccc2)cc1. The average molecular weight is 416 g/mol. The Morgan fingerprint density at radius 3 is 2.30 bits per heavy atom. The van der Waals surface area contributed by atoms with Crippen LogP contribution in [-0.2, 0) is 0 Å². The van der Waals surface area contributed by atoms with Crippen LogP contribution in [0.1, 0.15) is 5.56 Å². The number of benzene rings is 3. The predicted molar refractivity (Wildman–Crippen MR) is 116 cm³/mol. The predicted octanol–water partition coefficient (Wildman–Crippen LogP) is 6.11. The summed E-state index contributed by atoms with van der Waals surface area (Å²) in [7, 11) is 0. The van der Waals surface area contributed by atoms with Crippen LogP contribution < -0.4 is 15.5 Å². The quantitative estimate of drug-likeness (QED) is 0.299. The van der Waals surface area contributed by atoms with Crippen molar-refractivity contribution in [3.63, 3.8) is 0 Å². The second kappa shape index (κ2) is 9.37. The summed E-state index contributed by atoms with van der Waals surface area (Å²) in [5.74, 6) is 1.52. The van der Waals surface area contributed by atoms with Crippen molar-refractivity contribution in [1.29, 1.82) is 0 Å². The number of nitrogens with one attached hydrogen (secondary N) is 2. The molecule has 2 N–H and O–H groups in total. The third-order valence-electron chi connectivity index (χ3n) is 3.41. The molecule has 7 heteroatoms. The Bertz CT molecular complexity index is 947. The van der Waals surface area contributed by atoms with Gasteiger partial charge >= 0.3 is 0 Å². The molecular formula is C20H15Cl2N3OS. The molecule has 27 heavy (non-hydrogen) atoms. The maximum absolute atomic E-state index is 5.96. The molecule has 0 unspecified atom stereocenters. The number of ether oxygens (including phenoxy) is 1. The minimum absolute atomic E-state index is 0.364. The molecule has 0 radical (unpaired) electrons. The highest BCUT2D eigenvalue weighted by atomic mass is 35.5. The standard InChI is InChI=1S/C20H15Cl2N3OS/c21-18-11-6-14(12-19(18)22)13-23-25-20(27)24-15-7-9-17(10-8-15)26-16-4-2-1-3-5-16/h1-13H,(H2,24,25,27). The van der Waals surface area contributed by atoms with E-state index in [0.29, 0.717) is 15.2 Å². The topological polar surface area (TPSA) is 45.7 Å². The van der Waals surface area contributed by atoms with Crippen LogP contribution in [0, 0.1) is 0 Å². The van der Waals surface area contributed by atoms with Crippen molar-refractivity contribution in [2.45, 2.75) is 0 Å². The fourth-order valence-electron chi connectivity index (χ4n) is 2.15. The molecule has 136 valence electrons. The molecule has 0 heterocycles. The van der Waals surface area contributed by atoms with Gasteiger partial charge in [-0.25, -0.2) is 0 Å². The molecule has 0 atom stereocenters. The van der Waals surface area contributed by atoms with Crippen LogP contribution in [0.5, 0.6) is 11.5 Å². The minimum Gasteiger partial charge on any atom is -0.457 e. The molecule has 0 aliphatic heterocycles. The summed E-state index contributed by atoms with van der Waals surface area (Å²) in [6.07, 6.45) is 1.60. The number of hydrogen-bond acceptors (Lipinski definition) is 3. The normalized spacial score (nSPS) is 10.6. The Hall–Kier alpha value is -2.60. The third-order valence-corrected chi connectivity index (χ3v) is 4.35. The molecule has 0 fully saturated rings. The first-order valence-electron chi connectivity index (χ1n) is 7.98. The molecule has 3 aromatic carbocycles. The Labute approximate surface area is 172 Å². The molecule has 0 aliphatic rings. The van der Waals surface area contributed by atoms with Crippen molar-refractivity contribution in [3.05, 3.63) is 88.4 Å². The van der Waals surface area contributed by atoms with Gasteiger partial charge in [-0.1, -0.05) is 47.5 Å². The second-order valence-electron chi connectivity index (χ2n) is 5.44. The number of thiocarbonyl (C=S) groups is 1. The lowest BCUT2D eigenvalue weighted by atomic mass is 10.2. The lowest BCUT2D eigenvalue weighted by Gasteiger charge is -2.09. The van der Waals surface area contributed by atoms with E-state index in [9.17, 15) is 0 Å². The summed E-state index contributed by atoms with van der Waals surface area (Å²) in [5, 5.41) is 8.45. The van der Waals surface area contributed by atoms with Gasteiger partial charge in [-0.05, 0) is 66.3 Å². The number of nitrogens with zero attached hydrogens (tertiary/aromatic N) is 1. The van der Waals surface area contributed by atoms with Crippen molar-refractivity contribution < 1.29 is 4.74 Å². The molecule has 0 saturated carbocycles. The zero-order chi connectivity index (χ0) is 19.1. The van der Waals surface area contributed by atoms with Crippen molar-refractivity contribution in [3.8, 4) is 11.5 Å². The van der Waals surface area contributed by atoms with Gasteiger partial charge in [-0.2, -0.15) is 5.10 Å². The van der Waals surface area contributed by atoms with E-state index in [-0.39, 0.29) is 0 Å². The summed E-state index contributed by atoms with van der Waals surface area (Å²) in [4.78, 5) is 0. The molecule has 0 amide bonds. The molecule has 0 bridgehead atoms. The molecule has 0 aromatic heterocycles. The van der Waals surface area contributed by atoms with E-state index in [4.69, 9.17) is 40.2 Å².